The van der Waals surface area contributed by atoms with E-state index >= 15 is 0 Å². The summed E-state index contributed by atoms with van der Waals surface area (Å²) in [5.74, 6) is -4.05. The second kappa shape index (κ2) is 14.0. The number of carboxylic acid groups (broad SMARTS) is 2. The van der Waals surface area contributed by atoms with E-state index < -0.39 is 24.3 Å². The number of halogens is 6. The maximum atomic E-state index is 10.5. The number of aliphatic carboxylic acids is 2. The summed E-state index contributed by atoms with van der Waals surface area (Å²) in [6.07, 6.45) is -7.59. The molecule has 3 unspecified atom stereocenters. The highest BCUT2D eigenvalue weighted by Gasteiger charge is 2.36. The Kier molecular flexibility index (Phi) is 13.0. The molecule has 6 nitrogen and oxygen atoms in total. The average molecular weight is 488 g/mol. The van der Waals surface area contributed by atoms with Crippen LogP contribution in [0.25, 0.3) is 0 Å². The molecular weight excluding hydrogens is 458 g/mol. The van der Waals surface area contributed by atoms with Gasteiger partial charge in [0.25, 0.3) is 0 Å². The molecule has 2 rings (SSSR count). The lowest BCUT2D eigenvalue weighted by Crippen LogP contribution is -3.12. The molecule has 2 N–H and O–H groups in total. The maximum Gasteiger partial charge on any atom is 0.430 e. The minimum Gasteiger partial charge on any atom is -0.542 e. The molecule has 0 aliphatic heterocycles. The predicted octanol–water partition coefficient (Wildman–Crippen LogP) is -1.14. The van der Waals surface area contributed by atoms with Crippen LogP contribution in [-0.2, 0) is 16.1 Å². The van der Waals surface area contributed by atoms with E-state index in [1.807, 2.05) is 0 Å². The van der Waals surface area contributed by atoms with E-state index in [1.165, 1.54) is 44.6 Å². The number of nitrogens with one attached hydrogen (secondary N) is 2. The minimum atomic E-state index is -5.19. The molecule has 0 aromatic heterocycles. The van der Waals surface area contributed by atoms with Crippen molar-refractivity contribution in [2.75, 3.05) is 33.7 Å². The van der Waals surface area contributed by atoms with Crippen LogP contribution in [0.15, 0.2) is 30.3 Å². The van der Waals surface area contributed by atoms with Gasteiger partial charge in [-0.15, -0.1) is 0 Å². The Morgan fingerprint density at radius 3 is 1.70 bits per heavy atom. The molecule has 0 radical (unpaired) electrons. The van der Waals surface area contributed by atoms with Gasteiger partial charge >= 0.3 is 12.4 Å². The van der Waals surface area contributed by atoms with Gasteiger partial charge in [0.15, 0.2) is 0 Å². The van der Waals surface area contributed by atoms with Crippen LogP contribution in [0.2, 0.25) is 0 Å². The molecule has 0 saturated heterocycles. The zero-order valence-electron chi connectivity index (χ0n) is 18.7. The predicted molar refractivity (Wildman–Crippen MR) is 103 cm³/mol. The molecule has 0 amide bonds. The third-order valence-electron chi connectivity index (χ3n) is 4.79. The van der Waals surface area contributed by atoms with Gasteiger partial charge in [0.05, 0.1) is 33.7 Å². The first-order valence-corrected chi connectivity index (χ1v) is 10.3. The van der Waals surface area contributed by atoms with Crippen LogP contribution >= 0.6 is 0 Å². The van der Waals surface area contributed by atoms with Crippen LogP contribution in [0.1, 0.15) is 25.3 Å². The highest BCUT2D eigenvalue weighted by atomic mass is 19.4. The number of alkyl halides is 6. The third-order valence-corrected chi connectivity index (χ3v) is 4.79. The molecule has 1 saturated carbocycles. The van der Waals surface area contributed by atoms with Gasteiger partial charge in [0.2, 0.25) is 0 Å². The van der Waals surface area contributed by atoms with Crippen molar-refractivity contribution in [2.24, 2.45) is 11.8 Å². The van der Waals surface area contributed by atoms with Crippen molar-refractivity contribution < 1.29 is 55.9 Å². The number of carboxylic acids is 2. The Hall–Kier alpha value is -2.34. The molecule has 190 valence electrons. The highest BCUT2D eigenvalue weighted by molar-refractivity contribution is 5.71. The van der Waals surface area contributed by atoms with Crippen molar-refractivity contribution in [3.63, 3.8) is 0 Å². The van der Waals surface area contributed by atoms with E-state index in [2.05, 4.69) is 51.4 Å². The largest absolute Gasteiger partial charge is 0.542 e. The fraction of sp³-hybridized carbons (Fsp3) is 0.619. The van der Waals surface area contributed by atoms with Crippen molar-refractivity contribution in [3.8, 4) is 0 Å². The summed E-state index contributed by atoms with van der Waals surface area (Å²) in [6, 6.07) is 11.0. The average Bonchev–Trinajstić information content (AvgIpc) is 3.36. The molecule has 1 aromatic carbocycles. The van der Waals surface area contributed by atoms with Crippen LogP contribution in [0, 0.1) is 11.8 Å². The summed E-state index contributed by atoms with van der Waals surface area (Å²) in [7, 11) is 4.50. The van der Waals surface area contributed by atoms with Crippen molar-refractivity contribution >= 4 is 11.9 Å². The first-order chi connectivity index (χ1) is 15.0. The topological polar surface area (TPSA) is 89.1 Å². The second-order valence-corrected chi connectivity index (χ2v) is 8.22. The number of benzene rings is 1. The molecule has 0 spiro atoms. The Bertz CT molecular complexity index is 687. The highest BCUT2D eigenvalue weighted by Crippen LogP contribution is 2.36. The summed E-state index contributed by atoms with van der Waals surface area (Å²) >= 11 is 0. The Morgan fingerprint density at radius 2 is 1.36 bits per heavy atom. The van der Waals surface area contributed by atoms with E-state index in [4.69, 9.17) is 19.8 Å². The van der Waals surface area contributed by atoms with Gasteiger partial charge in [0, 0.05) is 17.9 Å². The van der Waals surface area contributed by atoms with Crippen molar-refractivity contribution in [2.45, 2.75) is 38.7 Å². The van der Waals surface area contributed by atoms with Crippen molar-refractivity contribution in [1.29, 1.82) is 0 Å². The molecule has 1 aliphatic carbocycles. The molecule has 1 aliphatic rings. The van der Waals surface area contributed by atoms with Gasteiger partial charge < -0.3 is 29.6 Å². The normalized spacial score (nSPS) is 18.4. The minimum absolute atomic E-state index is 0.977. The molecule has 0 bridgehead atoms. The lowest BCUT2D eigenvalue weighted by Gasteiger charge is -2.20. The van der Waals surface area contributed by atoms with Crippen LogP contribution in [0.3, 0.4) is 0 Å². The molecular formula is C21H30F6N2O4. The summed E-state index contributed by atoms with van der Waals surface area (Å²) in [5, 5.41) is 17.6. The lowest BCUT2D eigenvalue weighted by atomic mass is 10.2. The third kappa shape index (κ3) is 16.0. The fourth-order valence-corrected chi connectivity index (χ4v) is 2.89. The quantitative estimate of drug-likeness (QED) is 0.453. The number of hydrogen-bond acceptors (Lipinski definition) is 4. The Morgan fingerprint density at radius 1 is 0.939 bits per heavy atom. The van der Waals surface area contributed by atoms with Crippen LogP contribution in [0.5, 0.6) is 0 Å². The van der Waals surface area contributed by atoms with Crippen LogP contribution in [0.4, 0.5) is 26.3 Å². The SMILES string of the molecule is CC1CC1C[NH+](CCC[NH+](C)C)Cc1ccccc1.O=C([O-])C(F)(F)F.O=C([O-])C(F)(F)F. The first-order valence-electron chi connectivity index (χ1n) is 10.3. The first kappa shape index (κ1) is 30.7. The Balaban J connectivity index is 0.000000605. The van der Waals surface area contributed by atoms with Gasteiger partial charge in [-0.1, -0.05) is 37.3 Å². The number of hydrogen-bond donors (Lipinski definition) is 2. The van der Waals surface area contributed by atoms with Gasteiger partial charge in [-0.25, -0.2) is 0 Å². The number of quaternary nitrogens is 2. The monoisotopic (exact) mass is 488 g/mol. The van der Waals surface area contributed by atoms with E-state index in [1.54, 1.807) is 9.80 Å². The zero-order valence-corrected chi connectivity index (χ0v) is 18.7. The van der Waals surface area contributed by atoms with Crippen molar-refractivity contribution in [3.05, 3.63) is 35.9 Å². The molecule has 1 aromatic rings. The second-order valence-electron chi connectivity index (χ2n) is 8.22. The van der Waals surface area contributed by atoms with E-state index in [9.17, 15) is 26.3 Å². The van der Waals surface area contributed by atoms with Gasteiger partial charge in [-0.2, -0.15) is 26.3 Å². The van der Waals surface area contributed by atoms with Gasteiger partial charge in [-0.3, -0.25) is 0 Å². The Labute approximate surface area is 188 Å². The molecule has 0 heterocycles. The van der Waals surface area contributed by atoms with Crippen molar-refractivity contribution in [1.82, 2.24) is 0 Å². The smallest absolute Gasteiger partial charge is 0.430 e. The summed E-state index contributed by atoms with van der Waals surface area (Å²) in [6.45, 7) is 7.59. The van der Waals surface area contributed by atoms with Gasteiger partial charge in [0.1, 0.15) is 18.5 Å². The van der Waals surface area contributed by atoms with E-state index in [-0.39, 0.29) is 0 Å². The van der Waals surface area contributed by atoms with E-state index in [0.29, 0.717) is 0 Å². The number of rotatable bonds is 8. The lowest BCUT2D eigenvalue weighted by molar-refractivity contribution is -0.922. The fourth-order valence-electron chi connectivity index (χ4n) is 2.89. The maximum absolute atomic E-state index is 10.5. The standard InChI is InChI=1S/C17H28N2.2C2HF3O2/c1-15-12-17(15)14-19(11-7-10-18(2)3)13-16-8-5-4-6-9-16;2*3-2(4,5)1(6)7/h4-6,8-9,15,17H,7,10-14H2,1-3H3;2*(H,6,7). The summed E-state index contributed by atoms with van der Waals surface area (Å²) < 4.78 is 63.1. The van der Waals surface area contributed by atoms with Crippen LogP contribution in [-0.4, -0.2) is 58.0 Å². The summed E-state index contributed by atoms with van der Waals surface area (Å²) in [4.78, 5) is 20.9. The molecule has 12 heteroatoms. The summed E-state index contributed by atoms with van der Waals surface area (Å²) in [5.41, 5.74) is 1.49. The molecule has 33 heavy (non-hydrogen) atoms. The van der Waals surface area contributed by atoms with Gasteiger partial charge in [-0.05, 0) is 12.3 Å². The number of carbonyl (C=O) groups is 2. The van der Waals surface area contributed by atoms with E-state index in [0.717, 1.165) is 11.8 Å². The number of carbonyl (C=O) groups excluding carboxylic acids is 2. The zero-order chi connectivity index (χ0) is 25.8. The molecule has 1 fully saturated rings. The molecule has 3 atom stereocenters. The van der Waals surface area contributed by atoms with Crippen LogP contribution < -0.4 is 20.0 Å².